The van der Waals surface area contributed by atoms with Gasteiger partial charge in [-0.05, 0) is 45.4 Å². The Labute approximate surface area is 165 Å². The van der Waals surface area contributed by atoms with Gasteiger partial charge in [0.2, 0.25) is 5.78 Å². The Hall–Kier alpha value is -3.36. The number of carbonyl (C=O) groups excluding carboxylic acids is 4. The minimum atomic E-state index is -1.18. The van der Waals surface area contributed by atoms with E-state index in [0.29, 0.717) is 22.9 Å². The molecule has 0 saturated carbocycles. The van der Waals surface area contributed by atoms with Crippen LogP contribution in [0.2, 0.25) is 0 Å². The zero-order valence-corrected chi connectivity index (χ0v) is 16.3. The highest BCUT2D eigenvalue weighted by atomic mass is 19.1. The maximum Gasteiger partial charge on any atom is 0.326 e. The van der Waals surface area contributed by atoms with Gasteiger partial charge in [0.05, 0.1) is 11.3 Å². The Balaban J connectivity index is 1.98. The van der Waals surface area contributed by atoms with E-state index in [2.05, 4.69) is 10.3 Å². The number of Topliss-reactive ketones (excluding diaryl/α,β-unsaturated/α-hetero) is 2. The van der Waals surface area contributed by atoms with E-state index in [1.807, 2.05) is 0 Å². The number of aromatic nitrogens is 1. The SMILES string of the molecule is CC(=O)c1c(C)[nH]c(C(=O)C(C)OC(=O)CNC(=O)c2ccc(F)cc2F)c1C. The number of aryl methyl sites for hydroxylation is 1. The number of carbonyl (C=O) groups is 4. The molecular formula is C20H20F2N2O5. The Morgan fingerprint density at radius 1 is 1.17 bits per heavy atom. The van der Waals surface area contributed by atoms with Crippen LogP contribution in [0.25, 0.3) is 0 Å². The number of nitrogens with one attached hydrogen (secondary N) is 2. The lowest BCUT2D eigenvalue weighted by atomic mass is 10.0. The molecular weight excluding hydrogens is 386 g/mol. The molecule has 9 heteroatoms. The minimum Gasteiger partial charge on any atom is -0.453 e. The van der Waals surface area contributed by atoms with Gasteiger partial charge in [0.15, 0.2) is 11.9 Å². The van der Waals surface area contributed by atoms with Crippen molar-refractivity contribution in [2.45, 2.75) is 33.8 Å². The van der Waals surface area contributed by atoms with Gasteiger partial charge in [-0.2, -0.15) is 0 Å². The molecule has 1 heterocycles. The van der Waals surface area contributed by atoms with Gasteiger partial charge in [-0.15, -0.1) is 0 Å². The van der Waals surface area contributed by atoms with Crippen LogP contribution in [-0.2, 0) is 9.53 Å². The first-order chi connectivity index (χ1) is 13.5. The summed E-state index contributed by atoms with van der Waals surface area (Å²) in [5.74, 6) is -4.50. The number of aromatic amines is 1. The summed E-state index contributed by atoms with van der Waals surface area (Å²) in [6, 6.07) is 2.40. The maximum absolute atomic E-state index is 13.6. The molecule has 0 aliphatic carbocycles. The fourth-order valence-corrected chi connectivity index (χ4v) is 2.94. The number of halogens is 2. The van der Waals surface area contributed by atoms with Crippen LogP contribution < -0.4 is 5.32 Å². The largest absolute Gasteiger partial charge is 0.453 e. The third-order valence-corrected chi connectivity index (χ3v) is 4.28. The highest BCUT2D eigenvalue weighted by Crippen LogP contribution is 2.20. The number of rotatable bonds is 7. The molecule has 7 nitrogen and oxygen atoms in total. The topological polar surface area (TPSA) is 105 Å². The monoisotopic (exact) mass is 406 g/mol. The first-order valence-electron chi connectivity index (χ1n) is 8.70. The van der Waals surface area contributed by atoms with Crippen molar-refractivity contribution in [1.29, 1.82) is 0 Å². The molecule has 1 amide bonds. The molecule has 1 atom stereocenters. The summed E-state index contributed by atoms with van der Waals surface area (Å²) >= 11 is 0. The average molecular weight is 406 g/mol. The second kappa shape index (κ2) is 8.76. The first-order valence-corrected chi connectivity index (χ1v) is 8.70. The van der Waals surface area contributed by atoms with Crippen LogP contribution in [0.3, 0.4) is 0 Å². The van der Waals surface area contributed by atoms with Crippen LogP contribution in [0.15, 0.2) is 18.2 Å². The fourth-order valence-electron chi connectivity index (χ4n) is 2.94. The molecule has 1 unspecified atom stereocenters. The molecule has 0 saturated heterocycles. The number of esters is 1. The van der Waals surface area contributed by atoms with Crippen LogP contribution in [0.4, 0.5) is 8.78 Å². The van der Waals surface area contributed by atoms with Crippen molar-refractivity contribution < 1.29 is 32.7 Å². The van der Waals surface area contributed by atoms with Crippen LogP contribution in [0.1, 0.15) is 56.3 Å². The summed E-state index contributed by atoms with van der Waals surface area (Å²) in [5.41, 5.74) is 1.12. The zero-order valence-electron chi connectivity index (χ0n) is 16.3. The summed E-state index contributed by atoms with van der Waals surface area (Å²) in [6.07, 6.45) is -1.18. The van der Waals surface area contributed by atoms with Gasteiger partial charge in [0.1, 0.15) is 18.2 Å². The number of hydrogen-bond donors (Lipinski definition) is 2. The molecule has 0 aliphatic heterocycles. The highest BCUT2D eigenvalue weighted by molar-refractivity contribution is 6.05. The van der Waals surface area contributed by atoms with E-state index < -0.39 is 47.5 Å². The lowest BCUT2D eigenvalue weighted by molar-refractivity contribution is -0.145. The molecule has 2 rings (SSSR count). The third kappa shape index (κ3) is 4.92. The van der Waals surface area contributed by atoms with E-state index in [4.69, 9.17) is 4.74 Å². The second-order valence-corrected chi connectivity index (χ2v) is 6.48. The van der Waals surface area contributed by atoms with Crippen LogP contribution >= 0.6 is 0 Å². The number of amides is 1. The quantitative estimate of drug-likeness (QED) is 0.543. The number of ketones is 2. The molecule has 1 aromatic carbocycles. The predicted molar refractivity (Wildman–Crippen MR) is 98.8 cm³/mol. The van der Waals surface area contributed by atoms with Crippen LogP contribution in [0, 0.1) is 25.5 Å². The van der Waals surface area contributed by atoms with Gasteiger partial charge in [0, 0.05) is 17.3 Å². The molecule has 1 aromatic heterocycles. The van der Waals surface area contributed by atoms with Crippen LogP contribution in [0.5, 0.6) is 0 Å². The van der Waals surface area contributed by atoms with Crippen molar-refractivity contribution in [1.82, 2.24) is 10.3 Å². The summed E-state index contributed by atoms with van der Waals surface area (Å²) in [4.78, 5) is 50.8. The summed E-state index contributed by atoms with van der Waals surface area (Å²) < 4.78 is 31.5. The molecule has 0 aliphatic rings. The molecule has 29 heavy (non-hydrogen) atoms. The van der Waals surface area contributed by atoms with Gasteiger partial charge in [-0.3, -0.25) is 19.2 Å². The van der Waals surface area contributed by atoms with Crippen molar-refractivity contribution in [3.05, 3.63) is 57.9 Å². The summed E-state index contributed by atoms with van der Waals surface area (Å²) in [6.45, 7) is 5.38. The lowest BCUT2D eigenvalue weighted by Gasteiger charge is -2.13. The third-order valence-electron chi connectivity index (χ3n) is 4.28. The number of hydrogen-bond acceptors (Lipinski definition) is 5. The highest BCUT2D eigenvalue weighted by Gasteiger charge is 2.26. The van der Waals surface area contributed by atoms with Crippen molar-refractivity contribution in [3.8, 4) is 0 Å². The standard InChI is InChI=1S/C20H20F2N2O5/c1-9-17(11(3)25)10(2)24-18(9)19(27)12(4)29-16(26)8-23-20(28)14-6-5-13(21)7-15(14)22/h5-7,12,24H,8H2,1-4H3,(H,23,28). The normalized spacial score (nSPS) is 11.7. The fraction of sp³-hybridized carbons (Fsp3) is 0.300. The maximum atomic E-state index is 13.6. The van der Waals surface area contributed by atoms with E-state index >= 15 is 0 Å². The molecule has 154 valence electrons. The van der Waals surface area contributed by atoms with Crippen molar-refractivity contribution in [2.24, 2.45) is 0 Å². The molecule has 0 radical (unpaired) electrons. The van der Waals surface area contributed by atoms with Gasteiger partial charge in [-0.25, -0.2) is 8.78 Å². The van der Waals surface area contributed by atoms with Gasteiger partial charge in [-0.1, -0.05) is 0 Å². The molecule has 0 spiro atoms. The lowest BCUT2D eigenvalue weighted by Crippen LogP contribution is -2.34. The smallest absolute Gasteiger partial charge is 0.326 e. The molecule has 2 N–H and O–H groups in total. The Morgan fingerprint density at radius 3 is 2.38 bits per heavy atom. The van der Waals surface area contributed by atoms with Gasteiger partial charge < -0.3 is 15.0 Å². The van der Waals surface area contributed by atoms with E-state index in [0.717, 1.165) is 12.1 Å². The minimum absolute atomic E-state index is 0.158. The Bertz CT molecular complexity index is 997. The van der Waals surface area contributed by atoms with Crippen molar-refractivity contribution in [3.63, 3.8) is 0 Å². The van der Waals surface area contributed by atoms with Crippen molar-refractivity contribution >= 4 is 23.4 Å². The molecule has 0 fully saturated rings. The van der Waals surface area contributed by atoms with Gasteiger partial charge in [0.25, 0.3) is 5.91 Å². The van der Waals surface area contributed by atoms with E-state index in [1.165, 1.54) is 13.8 Å². The molecule has 2 aromatic rings. The summed E-state index contributed by atoms with van der Waals surface area (Å²) in [5, 5.41) is 2.14. The molecule has 0 bridgehead atoms. The summed E-state index contributed by atoms with van der Waals surface area (Å²) in [7, 11) is 0. The number of H-pyrrole nitrogens is 1. The predicted octanol–water partition coefficient (Wildman–Crippen LogP) is 2.66. The van der Waals surface area contributed by atoms with E-state index in [9.17, 15) is 28.0 Å². The van der Waals surface area contributed by atoms with Crippen LogP contribution in [-0.4, -0.2) is 41.1 Å². The number of benzene rings is 1. The second-order valence-electron chi connectivity index (χ2n) is 6.48. The Morgan fingerprint density at radius 2 is 1.83 bits per heavy atom. The van der Waals surface area contributed by atoms with Gasteiger partial charge >= 0.3 is 5.97 Å². The van der Waals surface area contributed by atoms with E-state index in [-0.39, 0.29) is 11.5 Å². The first kappa shape index (κ1) is 21.9. The zero-order chi connectivity index (χ0) is 21.9. The average Bonchev–Trinajstić information content (AvgIpc) is 2.93. The van der Waals surface area contributed by atoms with E-state index in [1.54, 1.807) is 13.8 Å². The Kier molecular flexibility index (Phi) is 6.63. The van der Waals surface area contributed by atoms with Crippen molar-refractivity contribution in [2.75, 3.05) is 6.54 Å². The number of ether oxygens (including phenoxy) is 1.